The predicted molar refractivity (Wildman–Crippen MR) is 58.7 cm³/mol. The lowest BCUT2D eigenvalue weighted by atomic mass is 10.0. The molecule has 1 aromatic rings. The number of carbonyl (C=O) groups excluding carboxylic acids is 1. The molecule has 1 atom stereocenters. The average molecular weight is 266 g/mol. The molecule has 0 bridgehead atoms. The summed E-state index contributed by atoms with van der Waals surface area (Å²) in [4.78, 5) is 10.8. The van der Waals surface area contributed by atoms with Gasteiger partial charge in [0.15, 0.2) is 0 Å². The Bertz CT molecular complexity index is 406. The molecule has 0 saturated heterocycles. The summed E-state index contributed by atoms with van der Waals surface area (Å²) in [5.41, 5.74) is 0.553. The molecule has 0 aliphatic rings. The lowest BCUT2D eigenvalue weighted by Gasteiger charge is -2.18. The summed E-state index contributed by atoms with van der Waals surface area (Å²) in [6, 6.07) is 5.70. The van der Waals surface area contributed by atoms with Crippen molar-refractivity contribution in [2.24, 2.45) is 0 Å². The highest BCUT2D eigenvalue weighted by atomic mass is 35.5. The van der Waals surface area contributed by atoms with Crippen LogP contribution in [0.5, 0.6) is 0 Å². The summed E-state index contributed by atoms with van der Waals surface area (Å²) in [7, 11) is 0. The third-order valence-electron chi connectivity index (χ3n) is 2.22. The first-order valence-electron chi connectivity index (χ1n) is 4.97. The SMILES string of the molecule is CCC(NC(=O)C(F)(F)F)c1cccc(Cl)c1. The van der Waals surface area contributed by atoms with E-state index in [2.05, 4.69) is 0 Å². The second kappa shape index (κ2) is 5.40. The van der Waals surface area contributed by atoms with Crippen molar-refractivity contribution in [1.82, 2.24) is 5.32 Å². The maximum Gasteiger partial charge on any atom is 0.471 e. The Morgan fingerprint density at radius 1 is 1.47 bits per heavy atom. The molecular weight excluding hydrogens is 255 g/mol. The molecule has 1 aromatic carbocycles. The molecule has 1 unspecified atom stereocenters. The second-order valence-electron chi connectivity index (χ2n) is 3.49. The molecule has 0 saturated carbocycles. The quantitative estimate of drug-likeness (QED) is 0.891. The minimum absolute atomic E-state index is 0.349. The Morgan fingerprint density at radius 3 is 2.59 bits per heavy atom. The zero-order chi connectivity index (χ0) is 13.1. The van der Waals surface area contributed by atoms with E-state index in [9.17, 15) is 18.0 Å². The number of carbonyl (C=O) groups is 1. The zero-order valence-corrected chi connectivity index (χ0v) is 9.77. The highest BCUT2D eigenvalue weighted by molar-refractivity contribution is 6.30. The summed E-state index contributed by atoms with van der Waals surface area (Å²) in [6.07, 6.45) is -4.52. The van der Waals surface area contributed by atoms with Crippen LogP contribution in [0, 0.1) is 0 Å². The van der Waals surface area contributed by atoms with E-state index in [-0.39, 0.29) is 0 Å². The number of amides is 1. The van der Waals surface area contributed by atoms with Crippen LogP contribution in [0.3, 0.4) is 0 Å². The lowest BCUT2D eigenvalue weighted by Crippen LogP contribution is -2.38. The molecule has 0 aliphatic carbocycles. The molecule has 6 heteroatoms. The monoisotopic (exact) mass is 265 g/mol. The van der Waals surface area contributed by atoms with E-state index in [1.165, 1.54) is 6.07 Å². The van der Waals surface area contributed by atoms with E-state index < -0.39 is 18.1 Å². The number of hydrogen-bond donors (Lipinski definition) is 1. The number of nitrogens with one attached hydrogen (secondary N) is 1. The third kappa shape index (κ3) is 3.93. The fourth-order valence-corrected chi connectivity index (χ4v) is 1.58. The molecule has 0 aromatic heterocycles. The number of hydrogen-bond acceptors (Lipinski definition) is 1. The van der Waals surface area contributed by atoms with Crippen LogP contribution in [0.15, 0.2) is 24.3 Å². The Kier molecular flexibility index (Phi) is 4.40. The molecule has 2 nitrogen and oxygen atoms in total. The van der Waals surface area contributed by atoms with Gasteiger partial charge < -0.3 is 5.32 Å². The maximum absolute atomic E-state index is 12.1. The maximum atomic E-state index is 12.1. The Morgan fingerprint density at radius 2 is 2.12 bits per heavy atom. The van der Waals surface area contributed by atoms with Gasteiger partial charge in [0.1, 0.15) is 0 Å². The molecule has 1 N–H and O–H groups in total. The van der Waals surface area contributed by atoms with Crippen molar-refractivity contribution in [3.63, 3.8) is 0 Å². The molecule has 1 rings (SSSR count). The molecule has 0 fully saturated rings. The van der Waals surface area contributed by atoms with Crippen molar-refractivity contribution in [3.8, 4) is 0 Å². The average Bonchev–Trinajstić information content (AvgIpc) is 2.24. The third-order valence-corrected chi connectivity index (χ3v) is 2.46. The minimum atomic E-state index is -4.87. The van der Waals surface area contributed by atoms with Gasteiger partial charge in [0.05, 0.1) is 6.04 Å². The number of rotatable bonds is 3. The molecule has 0 heterocycles. The van der Waals surface area contributed by atoms with E-state index in [1.807, 2.05) is 5.32 Å². The normalized spacial score (nSPS) is 13.2. The van der Waals surface area contributed by atoms with Crippen LogP contribution < -0.4 is 5.32 Å². The fourth-order valence-electron chi connectivity index (χ4n) is 1.38. The van der Waals surface area contributed by atoms with E-state index >= 15 is 0 Å². The van der Waals surface area contributed by atoms with Gasteiger partial charge >= 0.3 is 12.1 Å². The van der Waals surface area contributed by atoms with Crippen molar-refractivity contribution in [1.29, 1.82) is 0 Å². The van der Waals surface area contributed by atoms with Gasteiger partial charge in [0.2, 0.25) is 0 Å². The van der Waals surface area contributed by atoms with Crippen LogP contribution in [0.1, 0.15) is 24.9 Å². The van der Waals surface area contributed by atoms with Gasteiger partial charge in [-0.1, -0.05) is 30.7 Å². The summed E-state index contributed by atoms with van der Waals surface area (Å²) in [5.74, 6) is -1.94. The van der Waals surface area contributed by atoms with Crippen LogP contribution in [-0.2, 0) is 4.79 Å². The van der Waals surface area contributed by atoms with Crippen molar-refractivity contribution < 1.29 is 18.0 Å². The van der Waals surface area contributed by atoms with E-state index in [1.54, 1.807) is 25.1 Å². The highest BCUT2D eigenvalue weighted by Crippen LogP contribution is 2.22. The first kappa shape index (κ1) is 13.8. The van der Waals surface area contributed by atoms with Gasteiger partial charge in [-0.2, -0.15) is 13.2 Å². The van der Waals surface area contributed by atoms with Crippen molar-refractivity contribution in [2.45, 2.75) is 25.6 Å². The largest absolute Gasteiger partial charge is 0.471 e. The first-order valence-corrected chi connectivity index (χ1v) is 5.35. The molecule has 17 heavy (non-hydrogen) atoms. The van der Waals surface area contributed by atoms with Gasteiger partial charge in [0.25, 0.3) is 0 Å². The van der Waals surface area contributed by atoms with Crippen LogP contribution in [0.4, 0.5) is 13.2 Å². The van der Waals surface area contributed by atoms with Crippen molar-refractivity contribution >= 4 is 17.5 Å². The van der Waals surface area contributed by atoms with Gasteiger partial charge in [-0.15, -0.1) is 0 Å². The van der Waals surface area contributed by atoms with Gasteiger partial charge in [-0.05, 0) is 24.1 Å². The molecule has 1 amide bonds. The van der Waals surface area contributed by atoms with Crippen LogP contribution >= 0.6 is 11.6 Å². The number of alkyl halides is 3. The molecule has 0 aliphatic heterocycles. The van der Waals surface area contributed by atoms with Crippen LogP contribution in [-0.4, -0.2) is 12.1 Å². The Labute approximate surface area is 102 Å². The van der Waals surface area contributed by atoms with E-state index in [4.69, 9.17) is 11.6 Å². The molecule has 94 valence electrons. The molecule has 0 spiro atoms. The summed E-state index contributed by atoms with van der Waals surface area (Å²) < 4.78 is 36.3. The van der Waals surface area contributed by atoms with Crippen LogP contribution in [0.25, 0.3) is 0 Å². The van der Waals surface area contributed by atoms with Gasteiger partial charge in [-0.25, -0.2) is 0 Å². The van der Waals surface area contributed by atoms with Gasteiger partial charge in [-0.3, -0.25) is 4.79 Å². The molecule has 0 radical (unpaired) electrons. The summed E-state index contributed by atoms with van der Waals surface area (Å²) >= 11 is 5.74. The standard InChI is InChI=1S/C11H11ClF3NO/c1-2-9(16-10(17)11(13,14)15)7-4-3-5-8(12)6-7/h3-6,9H,2H2,1H3,(H,16,17). The lowest BCUT2D eigenvalue weighted by molar-refractivity contribution is -0.174. The minimum Gasteiger partial charge on any atom is -0.341 e. The summed E-state index contributed by atoms with van der Waals surface area (Å²) in [5, 5.41) is 2.35. The summed E-state index contributed by atoms with van der Waals surface area (Å²) in [6.45, 7) is 1.68. The molecular formula is C11H11ClF3NO. The van der Waals surface area contributed by atoms with E-state index in [0.717, 1.165) is 0 Å². The van der Waals surface area contributed by atoms with Crippen molar-refractivity contribution in [2.75, 3.05) is 0 Å². The Hall–Kier alpha value is -1.23. The predicted octanol–water partition coefficient (Wildman–Crippen LogP) is 3.47. The zero-order valence-electron chi connectivity index (χ0n) is 9.01. The van der Waals surface area contributed by atoms with E-state index in [0.29, 0.717) is 17.0 Å². The second-order valence-corrected chi connectivity index (χ2v) is 3.92. The topological polar surface area (TPSA) is 29.1 Å². The first-order chi connectivity index (χ1) is 7.84. The number of benzene rings is 1. The van der Waals surface area contributed by atoms with Gasteiger partial charge in [0, 0.05) is 5.02 Å². The number of halogens is 4. The Balaban J connectivity index is 2.83. The highest BCUT2D eigenvalue weighted by Gasteiger charge is 2.39. The smallest absolute Gasteiger partial charge is 0.341 e. The fraction of sp³-hybridized carbons (Fsp3) is 0.364. The van der Waals surface area contributed by atoms with Crippen molar-refractivity contribution in [3.05, 3.63) is 34.9 Å². The van der Waals surface area contributed by atoms with Crippen LogP contribution in [0.2, 0.25) is 5.02 Å².